The highest BCUT2D eigenvalue weighted by Crippen LogP contribution is 2.35. The Morgan fingerprint density at radius 1 is 0.875 bits per heavy atom. The van der Waals surface area contributed by atoms with Crippen molar-refractivity contribution in [1.82, 2.24) is 4.98 Å². The van der Waals surface area contributed by atoms with Gasteiger partial charge in [-0.3, -0.25) is 0 Å². The Morgan fingerprint density at radius 2 is 1.53 bits per heavy atom. The van der Waals surface area contributed by atoms with E-state index in [1.165, 1.54) is 5.69 Å². The molecule has 6 nitrogen and oxygen atoms in total. The summed E-state index contributed by atoms with van der Waals surface area (Å²) >= 11 is 0. The van der Waals surface area contributed by atoms with Crippen molar-refractivity contribution >= 4 is 5.69 Å². The largest absolute Gasteiger partial charge is 0.478 e. The van der Waals surface area contributed by atoms with Crippen LogP contribution >= 0.6 is 0 Å². The van der Waals surface area contributed by atoms with E-state index in [4.69, 9.17) is 18.9 Å². The van der Waals surface area contributed by atoms with Crippen LogP contribution in [0.3, 0.4) is 0 Å². The highest BCUT2D eigenvalue weighted by Gasteiger charge is 2.39. The Kier molecular flexibility index (Phi) is 7.87. The molecule has 0 aliphatic carbocycles. The van der Waals surface area contributed by atoms with E-state index in [0.29, 0.717) is 38.2 Å². The summed E-state index contributed by atoms with van der Waals surface area (Å²) in [6.45, 7) is 8.97. The van der Waals surface area contributed by atoms with Crippen LogP contribution in [0.25, 0.3) is 11.1 Å². The summed E-state index contributed by atoms with van der Waals surface area (Å²) in [5, 5.41) is 0. The molecule has 0 unspecified atom stereocenters. The van der Waals surface area contributed by atoms with E-state index >= 15 is 0 Å². The zero-order valence-corrected chi connectivity index (χ0v) is 19.5. The predicted octanol–water partition coefficient (Wildman–Crippen LogP) is 5.45. The Morgan fingerprint density at radius 3 is 2.19 bits per heavy atom. The molecular weight excluding hydrogens is 404 g/mol. The number of piperidine rings is 1. The number of anilines is 1. The van der Waals surface area contributed by atoms with Crippen LogP contribution in [0.5, 0.6) is 11.8 Å². The van der Waals surface area contributed by atoms with Gasteiger partial charge in [-0.2, -0.15) is 4.98 Å². The number of unbranched alkanes of at least 4 members (excludes halogenated alkanes) is 2. The monoisotopic (exact) mass is 440 g/mol. The highest BCUT2D eigenvalue weighted by molar-refractivity contribution is 5.71. The maximum Gasteiger partial charge on any atom is 0.224 e. The number of aromatic nitrogens is 1. The molecule has 174 valence electrons. The average Bonchev–Trinajstić information content (AvgIpc) is 3.28. The fourth-order valence-corrected chi connectivity index (χ4v) is 4.21. The third-order valence-corrected chi connectivity index (χ3v) is 6.20. The number of pyridine rings is 1. The van der Waals surface area contributed by atoms with Crippen molar-refractivity contribution < 1.29 is 18.9 Å². The first kappa shape index (κ1) is 22.9. The van der Waals surface area contributed by atoms with E-state index in [-0.39, 0.29) is 5.79 Å². The highest BCUT2D eigenvalue weighted by atomic mass is 16.7. The third kappa shape index (κ3) is 5.54. The summed E-state index contributed by atoms with van der Waals surface area (Å²) in [4.78, 5) is 7.07. The molecule has 2 aliphatic heterocycles. The summed E-state index contributed by atoms with van der Waals surface area (Å²) in [6, 6.07) is 12.7. The molecule has 0 N–H and O–H groups in total. The van der Waals surface area contributed by atoms with Gasteiger partial charge in [0.25, 0.3) is 0 Å². The second-order valence-electron chi connectivity index (χ2n) is 8.55. The van der Waals surface area contributed by atoms with Crippen LogP contribution in [0, 0.1) is 0 Å². The first-order valence-corrected chi connectivity index (χ1v) is 12.1. The molecule has 2 fully saturated rings. The molecule has 2 aliphatic rings. The fourth-order valence-electron chi connectivity index (χ4n) is 4.21. The minimum atomic E-state index is -0.339. The Labute approximate surface area is 191 Å². The van der Waals surface area contributed by atoms with E-state index in [0.717, 1.165) is 62.7 Å². The van der Waals surface area contributed by atoms with Gasteiger partial charge < -0.3 is 23.8 Å². The zero-order chi connectivity index (χ0) is 22.2. The number of nitrogens with zero attached hydrogens (tertiary/aromatic N) is 2. The SMILES string of the molecule is CCCCOc1ccc(-c2ccc(N3CCC4(CC3)OCCO4)cc2)c(OCCCC)n1. The number of hydrogen-bond donors (Lipinski definition) is 0. The number of hydrogen-bond acceptors (Lipinski definition) is 6. The molecule has 0 radical (unpaired) electrons. The lowest BCUT2D eigenvalue weighted by Crippen LogP contribution is -2.45. The summed E-state index contributed by atoms with van der Waals surface area (Å²) in [6.07, 6.45) is 6.03. The molecule has 2 saturated heterocycles. The van der Waals surface area contributed by atoms with Crippen molar-refractivity contribution in [3.63, 3.8) is 0 Å². The van der Waals surface area contributed by atoms with Gasteiger partial charge in [-0.25, -0.2) is 0 Å². The lowest BCUT2D eigenvalue weighted by molar-refractivity contribution is -0.169. The molecule has 2 aromatic rings. The molecule has 1 aromatic carbocycles. The minimum absolute atomic E-state index is 0.339. The van der Waals surface area contributed by atoms with Crippen LogP contribution in [0.2, 0.25) is 0 Å². The predicted molar refractivity (Wildman–Crippen MR) is 127 cm³/mol. The zero-order valence-electron chi connectivity index (χ0n) is 19.5. The first-order chi connectivity index (χ1) is 15.7. The Balaban J connectivity index is 1.45. The van der Waals surface area contributed by atoms with Crippen molar-refractivity contribution in [2.24, 2.45) is 0 Å². The van der Waals surface area contributed by atoms with E-state index in [2.05, 4.69) is 54.1 Å². The van der Waals surface area contributed by atoms with Gasteiger partial charge in [0.15, 0.2) is 5.79 Å². The van der Waals surface area contributed by atoms with Crippen LogP contribution in [0.15, 0.2) is 36.4 Å². The van der Waals surface area contributed by atoms with Crippen LogP contribution in [-0.4, -0.2) is 50.3 Å². The lowest BCUT2D eigenvalue weighted by Gasteiger charge is -2.38. The number of rotatable bonds is 10. The normalized spacial score (nSPS) is 17.6. The van der Waals surface area contributed by atoms with Crippen LogP contribution in [0.1, 0.15) is 52.4 Å². The van der Waals surface area contributed by atoms with Gasteiger partial charge >= 0.3 is 0 Å². The lowest BCUT2D eigenvalue weighted by atomic mass is 10.0. The fraction of sp³-hybridized carbons (Fsp3) is 0.577. The molecule has 0 atom stereocenters. The molecule has 1 spiro atoms. The van der Waals surface area contributed by atoms with Crippen LogP contribution < -0.4 is 14.4 Å². The van der Waals surface area contributed by atoms with E-state index in [1.54, 1.807) is 0 Å². The summed E-state index contributed by atoms with van der Waals surface area (Å²) in [5.41, 5.74) is 3.33. The van der Waals surface area contributed by atoms with E-state index in [1.807, 2.05) is 6.07 Å². The van der Waals surface area contributed by atoms with Crippen molar-refractivity contribution in [3.05, 3.63) is 36.4 Å². The topological polar surface area (TPSA) is 53.1 Å². The second-order valence-corrected chi connectivity index (χ2v) is 8.55. The summed E-state index contributed by atoms with van der Waals surface area (Å²) in [7, 11) is 0. The quantitative estimate of drug-likeness (QED) is 0.458. The molecule has 32 heavy (non-hydrogen) atoms. The van der Waals surface area contributed by atoms with Crippen molar-refractivity contribution in [1.29, 1.82) is 0 Å². The van der Waals surface area contributed by atoms with E-state index in [9.17, 15) is 0 Å². The molecule has 4 rings (SSSR count). The number of benzene rings is 1. The van der Waals surface area contributed by atoms with Crippen molar-refractivity contribution in [3.8, 4) is 22.9 Å². The summed E-state index contributed by atoms with van der Waals surface area (Å²) < 4.78 is 23.6. The molecule has 1 aromatic heterocycles. The maximum absolute atomic E-state index is 6.05. The van der Waals surface area contributed by atoms with Gasteiger partial charge in [0.1, 0.15) is 0 Å². The summed E-state index contributed by atoms with van der Waals surface area (Å²) in [5.74, 6) is 0.938. The van der Waals surface area contributed by atoms with Crippen molar-refractivity contribution in [2.45, 2.75) is 58.2 Å². The van der Waals surface area contributed by atoms with Gasteiger partial charge in [-0.1, -0.05) is 38.8 Å². The van der Waals surface area contributed by atoms with Gasteiger partial charge in [0.2, 0.25) is 11.8 Å². The van der Waals surface area contributed by atoms with Gasteiger partial charge in [0, 0.05) is 43.2 Å². The molecule has 0 amide bonds. The van der Waals surface area contributed by atoms with E-state index < -0.39 is 0 Å². The smallest absolute Gasteiger partial charge is 0.224 e. The van der Waals surface area contributed by atoms with Crippen LogP contribution in [-0.2, 0) is 9.47 Å². The average molecular weight is 441 g/mol. The van der Waals surface area contributed by atoms with Gasteiger partial charge in [-0.15, -0.1) is 0 Å². The molecule has 6 heteroatoms. The molecular formula is C26H36N2O4. The van der Waals surface area contributed by atoms with Gasteiger partial charge in [0.05, 0.1) is 26.4 Å². The second kappa shape index (κ2) is 11.0. The number of ether oxygens (including phenoxy) is 4. The molecule has 3 heterocycles. The minimum Gasteiger partial charge on any atom is -0.478 e. The Bertz CT molecular complexity index is 839. The first-order valence-electron chi connectivity index (χ1n) is 12.1. The molecule has 0 saturated carbocycles. The van der Waals surface area contributed by atoms with Crippen molar-refractivity contribution in [2.75, 3.05) is 44.4 Å². The van der Waals surface area contributed by atoms with Crippen LogP contribution in [0.4, 0.5) is 5.69 Å². The Hall–Kier alpha value is -2.31. The maximum atomic E-state index is 6.05. The third-order valence-electron chi connectivity index (χ3n) is 6.20. The molecule has 0 bridgehead atoms. The standard InChI is InChI=1S/C26H36N2O4/c1-3-5-17-29-24-12-11-23(25(27-24)30-18-6-4-2)21-7-9-22(10-8-21)28-15-13-26(14-16-28)31-19-20-32-26/h7-12H,3-6,13-20H2,1-2H3. The van der Waals surface area contributed by atoms with Gasteiger partial charge in [-0.05, 0) is 36.6 Å².